The van der Waals surface area contributed by atoms with E-state index >= 15 is 14.4 Å². The molecular weight excluding hydrogens is 1460 g/mol. The van der Waals surface area contributed by atoms with E-state index in [0.29, 0.717) is 31.2 Å². The Kier molecular flexibility index (Phi) is 31.8. The molecule has 14 atom stereocenters. The van der Waals surface area contributed by atoms with Crippen LogP contribution in [0, 0.1) is 23.7 Å². The Morgan fingerprint density at radius 3 is 1.88 bits per heavy atom. The largest absolute Gasteiger partial charge is 0.462 e. The van der Waals surface area contributed by atoms with Gasteiger partial charge in [0.15, 0.2) is 29.4 Å². The van der Waals surface area contributed by atoms with Crippen LogP contribution in [-0.2, 0) is 107 Å². The maximum absolute atomic E-state index is 16.0. The molecule has 3 heterocycles. The quantitative estimate of drug-likeness (QED) is 0.0162. The third-order valence-corrected chi connectivity index (χ3v) is 22.7. The van der Waals surface area contributed by atoms with Gasteiger partial charge in [-0.1, -0.05) is 155 Å². The van der Waals surface area contributed by atoms with Crippen LogP contribution in [0.5, 0.6) is 0 Å². The minimum atomic E-state index is -1.60. The van der Waals surface area contributed by atoms with E-state index in [0.717, 1.165) is 36.1 Å². The zero-order chi connectivity index (χ0) is 81.8. The summed E-state index contributed by atoms with van der Waals surface area (Å²) in [6.45, 7) is 20.3. The Balaban J connectivity index is 1.10. The van der Waals surface area contributed by atoms with Crippen LogP contribution in [0.3, 0.4) is 0 Å². The molecule has 608 valence electrons. The minimum absolute atomic E-state index is 0.120. The van der Waals surface area contributed by atoms with Crippen molar-refractivity contribution >= 4 is 82.6 Å². The van der Waals surface area contributed by atoms with Gasteiger partial charge in [-0.05, 0) is 101 Å². The predicted octanol–water partition coefficient (Wildman–Crippen LogP) is 10.5. The summed E-state index contributed by atoms with van der Waals surface area (Å²) in [5.74, 6) is -12.6. The van der Waals surface area contributed by atoms with Crippen molar-refractivity contribution in [1.29, 1.82) is 0 Å². The normalized spacial score (nSPS) is 21.4. The first-order valence-corrected chi connectivity index (χ1v) is 39.8. The lowest BCUT2D eigenvalue weighted by molar-refractivity contribution is -0.220. The average molecular weight is 1570 g/mol. The van der Waals surface area contributed by atoms with Crippen LogP contribution >= 0.6 is 11.8 Å². The summed E-state index contributed by atoms with van der Waals surface area (Å²) in [6, 6.07) is 30.0. The molecular formula is C86H112N4O21S. The molecule has 0 saturated carbocycles. The van der Waals surface area contributed by atoms with Gasteiger partial charge in [-0.2, -0.15) is 0 Å². The van der Waals surface area contributed by atoms with Crippen molar-refractivity contribution in [2.75, 3.05) is 39.2 Å². The number of esters is 4. The van der Waals surface area contributed by atoms with E-state index in [2.05, 4.69) is 17.2 Å². The van der Waals surface area contributed by atoms with Gasteiger partial charge in [0.2, 0.25) is 17.7 Å². The molecule has 25 nitrogen and oxygen atoms in total. The maximum atomic E-state index is 16.0. The number of hydrogen-bond donors (Lipinski definition) is 3. The summed E-state index contributed by atoms with van der Waals surface area (Å²) in [5.41, 5.74) is 0.285. The van der Waals surface area contributed by atoms with Gasteiger partial charge in [0.25, 0.3) is 0 Å². The second kappa shape index (κ2) is 40.2. The summed E-state index contributed by atoms with van der Waals surface area (Å²) in [4.78, 5) is 175. The first kappa shape index (κ1) is 88.6. The molecule has 0 aromatic heterocycles. The van der Waals surface area contributed by atoms with Crippen LogP contribution in [0.25, 0.3) is 0 Å². The van der Waals surface area contributed by atoms with Crippen LogP contribution in [-0.4, -0.2) is 191 Å². The highest BCUT2D eigenvalue weighted by Crippen LogP contribution is 2.51. The van der Waals surface area contributed by atoms with Gasteiger partial charge in [0.1, 0.15) is 36.1 Å². The zero-order valence-corrected chi connectivity index (χ0v) is 67.4. The van der Waals surface area contributed by atoms with E-state index in [1.165, 1.54) is 27.6 Å². The molecule has 0 radical (unpaired) electrons. The number of Topliss-reactive ketones (excluding diaryl/α,β-unsaturated/α-hetero) is 4. The van der Waals surface area contributed by atoms with Crippen molar-refractivity contribution in [2.45, 2.75) is 242 Å². The van der Waals surface area contributed by atoms with Crippen LogP contribution in [0.15, 0.2) is 128 Å². The zero-order valence-electron chi connectivity index (χ0n) is 66.6. The van der Waals surface area contributed by atoms with Gasteiger partial charge in [-0.3, -0.25) is 57.6 Å². The van der Waals surface area contributed by atoms with E-state index in [4.69, 9.17) is 37.9 Å². The second-order valence-corrected chi connectivity index (χ2v) is 33.0. The lowest BCUT2D eigenvalue weighted by Gasteiger charge is -2.36. The molecule has 1 aliphatic carbocycles. The molecule has 4 aromatic carbocycles. The Bertz CT molecular complexity index is 3860. The lowest BCUT2D eigenvalue weighted by Crippen LogP contribution is -2.49. The van der Waals surface area contributed by atoms with Crippen LogP contribution < -0.4 is 10.6 Å². The molecule has 3 fully saturated rings. The number of benzene rings is 4. The number of nitrogens with zero attached hydrogens (tertiary/aromatic N) is 2. The lowest BCUT2D eigenvalue weighted by atomic mass is 9.83. The molecule has 112 heavy (non-hydrogen) atoms. The number of ether oxygens (including phenoxy) is 8. The highest BCUT2D eigenvalue weighted by atomic mass is 32.2. The summed E-state index contributed by atoms with van der Waals surface area (Å²) in [6.07, 6.45) is -4.19. The summed E-state index contributed by atoms with van der Waals surface area (Å²) in [5, 5.41) is 18.0. The highest BCUT2D eigenvalue weighted by Gasteiger charge is 2.60. The second-order valence-electron chi connectivity index (χ2n) is 31.7. The molecule has 26 heteroatoms. The summed E-state index contributed by atoms with van der Waals surface area (Å²) >= 11 is 1.32. The van der Waals surface area contributed by atoms with E-state index in [1.54, 1.807) is 74.6 Å². The van der Waals surface area contributed by atoms with Crippen molar-refractivity contribution < 1.29 is 101 Å². The van der Waals surface area contributed by atoms with Crippen LogP contribution in [0.2, 0.25) is 0 Å². The number of methoxy groups -OCH3 is 1. The third-order valence-electron chi connectivity index (χ3n) is 21.0. The molecule has 10 unspecified atom stereocenters. The van der Waals surface area contributed by atoms with Gasteiger partial charge in [-0.15, -0.1) is 11.8 Å². The Morgan fingerprint density at radius 2 is 1.30 bits per heavy atom. The van der Waals surface area contributed by atoms with Crippen molar-refractivity contribution in [3.05, 3.63) is 156 Å². The van der Waals surface area contributed by atoms with Crippen molar-refractivity contribution in [3.63, 3.8) is 0 Å². The number of ketones is 4. The topological polar surface area (TPSA) is 329 Å². The number of rotatable bonds is 39. The van der Waals surface area contributed by atoms with E-state index < -0.39 is 203 Å². The number of nitrogens with one attached hydrogen (secondary N) is 2. The van der Waals surface area contributed by atoms with Gasteiger partial charge in [-0.25, -0.2) is 4.79 Å². The number of likely N-dealkylation sites (tertiary alicyclic amines) is 2. The number of amides is 4. The molecule has 8 rings (SSSR count). The van der Waals surface area contributed by atoms with Gasteiger partial charge in [0.05, 0.1) is 72.0 Å². The minimum Gasteiger partial charge on any atom is -0.462 e. The number of thioether (sulfide) groups is 1. The number of carbonyl (C=O) groups excluding carboxylic acids is 12. The third kappa shape index (κ3) is 23.6. The molecule has 4 aliphatic rings. The first-order valence-electron chi connectivity index (χ1n) is 38.8. The molecule has 4 aromatic rings. The fourth-order valence-electron chi connectivity index (χ4n) is 15.4. The molecule has 3 aliphatic heterocycles. The summed E-state index contributed by atoms with van der Waals surface area (Å²) < 4.78 is 45.3. The van der Waals surface area contributed by atoms with Crippen LogP contribution in [0.4, 0.5) is 4.79 Å². The van der Waals surface area contributed by atoms with Crippen LogP contribution in [0.1, 0.15) is 187 Å². The average Bonchev–Trinajstić information content (AvgIpc) is 1.56. The van der Waals surface area contributed by atoms with Crippen molar-refractivity contribution in [1.82, 2.24) is 20.4 Å². The van der Waals surface area contributed by atoms with E-state index in [1.807, 2.05) is 110 Å². The molecule has 0 bridgehead atoms. The molecule has 0 spiro atoms. The maximum Gasteiger partial charge on any atom is 0.411 e. The molecule has 4 amide bonds. The fraction of sp³-hybridized carbons (Fsp3) is 0.558. The SMILES string of the molecule is C=CCOC(=O)C[C@H](CC(=O)C(CSC(c1ccccc1)(c1ccccc1)c1ccccc1)NC(=O)CCC(=O)C(NC(=O)CCC(=O)C1CC2(O)c3ccccc3CC2N1C(=O)OC(C)(C)C)C(C)CC)C(=O)N1CC(OC2CCCC(COC)O2)C[C@H]1C(=O)C[C@H](C(=O)OC(C)(C)C)C(C)[C@H](COC(C)=O)OC(C)=O. The Hall–Kier alpha value is -8.95. The fourth-order valence-corrected chi connectivity index (χ4v) is 17.0. The highest BCUT2D eigenvalue weighted by molar-refractivity contribution is 8.00. The Labute approximate surface area is 661 Å². The van der Waals surface area contributed by atoms with Crippen molar-refractivity contribution in [2.24, 2.45) is 23.7 Å². The van der Waals surface area contributed by atoms with Gasteiger partial charge < -0.3 is 58.5 Å². The van der Waals surface area contributed by atoms with E-state index in [-0.39, 0.29) is 63.7 Å². The van der Waals surface area contributed by atoms with Gasteiger partial charge in [0, 0.05) is 90.5 Å². The predicted molar refractivity (Wildman–Crippen MR) is 416 cm³/mol. The monoisotopic (exact) mass is 1570 g/mol. The van der Waals surface area contributed by atoms with Gasteiger partial charge >= 0.3 is 30.0 Å². The number of aliphatic hydroxyl groups is 1. The van der Waals surface area contributed by atoms with E-state index in [9.17, 15) is 48.3 Å². The molecule has 3 N–H and O–H groups in total. The first-order chi connectivity index (χ1) is 53.1. The summed E-state index contributed by atoms with van der Waals surface area (Å²) in [7, 11) is 1.55. The van der Waals surface area contributed by atoms with Crippen molar-refractivity contribution in [3.8, 4) is 0 Å². The smallest absolute Gasteiger partial charge is 0.411 e. The Morgan fingerprint density at radius 1 is 0.705 bits per heavy atom. The molecule has 3 saturated heterocycles. The number of fused-ring (bicyclic) bond motifs is 3. The number of hydrogen-bond acceptors (Lipinski definition) is 22. The standard InChI is InChI=1S/C86H112N4O21S/c1-14-42-105-77(99)45-58(80(100)89-49-63(109-78-37-27-35-62(108-78)50-104-13)46-67(89)72(96)47-64(81(101)110-83(7,8)9)54(4)73(107-56(6)92)51-106-55(5)91)43-71(95)66(52-112-86(59-29-19-16-20-30-59,60-31-21-17-22-32-60)61-33-23-18-24-34-61)87-75(97)41-39-70(94)79(53(3)15-2)88-76(98)40-38-69(93)68-48-85(103)65-36-26-25-28-57(65)44-74(85)90(68)82(102)111-84(10,11)12/h14,16-26,28-34,36,53-54,58,62-64,66-68,73-74,78-79,103H,1,15,27,35,37-52H2,2-13H3,(H,87,97)(H,88,98)/t53?,54?,58-,62?,63?,64-,66?,67-,68?,73-,74?,78?,79?,85?/m0/s1. The number of carbonyl (C=O) groups is 12.